The van der Waals surface area contributed by atoms with Crippen LogP contribution in [0.1, 0.15) is 0 Å². The minimum absolute atomic E-state index is 0.196. The molecule has 1 aromatic carbocycles. The molecule has 21 heavy (non-hydrogen) atoms. The number of benzene rings is 1. The van der Waals surface area contributed by atoms with Crippen molar-refractivity contribution in [1.29, 1.82) is 0 Å². The average Bonchev–Trinajstić information content (AvgIpc) is 2.36. The van der Waals surface area contributed by atoms with E-state index in [4.69, 9.17) is 27.9 Å². The quantitative estimate of drug-likeness (QED) is 0.739. The molecule has 0 bridgehead atoms. The third-order valence-electron chi connectivity index (χ3n) is 2.39. The van der Waals surface area contributed by atoms with Crippen molar-refractivity contribution in [3.8, 4) is 5.75 Å². The highest BCUT2D eigenvalue weighted by Gasteiger charge is 2.07. The van der Waals surface area contributed by atoms with Gasteiger partial charge in [0.05, 0.1) is 7.11 Å². The highest BCUT2D eigenvalue weighted by molar-refractivity contribution is 9.10. The number of nitrogens with one attached hydrogen (secondary N) is 2. The smallest absolute Gasteiger partial charge is 0.323 e. The number of rotatable bonds is 3. The van der Waals surface area contributed by atoms with Crippen LogP contribution in [-0.2, 0) is 0 Å². The maximum Gasteiger partial charge on any atom is 0.323 e. The summed E-state index contributed by atoms with van der Waals surface area (Å²) >= 11 is 14.9. The second-order valence-electron chi connectivity index (χ2n) is 3.96. The summed E-state index contributed by atoms with van der Waals surface area (Å²) in [5.41, 5.74) is 1.02. The second-order valence-corrected chi connectivity index (χ2v) is 5.65. The summed E-state index contributed by atoms with van der Waals surface area (Å²) in [5, 5.41) is 5.68. The average molecular weight is 391 g/mol. The molecular formula is C13H10BrCl2N3O2. The molecule has 0 unspecified atom stereocenters. The van der Waals surface area contributed by atoms with Crippen molar-refractivity contribution in [3.63, 3.8) is 0 Å². The molecule has 5 nitrogen and oxygen atoms in total. The van der Waals surface area contributed by atoms with Crippen LogP contribution < -0.4 is 15.4 Å². The van der Waals surface area contributed by atoms with Crippen LogP contribution >= 0.6 is 39.1 Å². The van der Waals surface area contributed by atoms with Crippen LogP contribution in [0.2, 0.25) is 10.3 Å². The van der Waals surface area contributed by atoms with Gasteiger partial charge in [0.15, 0.2) is 0 Å². The number of hydrogen-bond acceptors (Lipinski definition) is 3. The Hall–Kier alpha value is -1.50. The number of nitrogens with zero attached hydrogens (tertiary/aromatic N) is 1. The molecule has 0 spiro atoms. The predicted octanol–water partition coefficient (Wildman–Crippen LogP) is 4.80. The molecule has 1 heterocycles. The number of aromatic nitrogens is 1. The number of carbonyl (C=O) groups excluding carboxylic acids is 1. The van der Waals surface area contributed by atoms with Crippen molar-refractivity contribution in [3.05, 3.63) is 45.1 Å². The zero-order valence-corrected chi connectivity index (χ0v) is 13.9. The number of halogens is 3. The Kier molecular flexibility index (Phi) is 5.27. The molecule has 0 saturated carbocycles. The molecule has 110 valence electrons. The van der Waals surface area contributed by atoms with Gasteiger partial charge in [0.25, 0.3) is 0 Å². The molecule has 8 heteroatoms. The highest BCUT2D eigenvalue weighted by Crippen LogP contribution is 2.25. The topological polar surface area (TPSA) is 63.2 Å². The van der Waals surface area contributed by atoms with Crippen molar-refractivity contribution in [2.45, 2.75) is 0 Å². The highest BCUT2D eigenvalue weighted by atomic mass is 79.9. The predicted molar refractivity (Wildman–Crippen MR) is 87.6 cm³/mol. The van der Waals surface area contributed by atoms with Crippen molar-refractivity contribution < 1.29 is 9.53 Å². The lowest BCUT2D eigenvalue weighted by molar-refractivity contribution is 0.262. The molecule has 2 aromatic rings. The number of pyridine rings is 1. The van der Waals surface area contributed by atoms with Crippen LogP contribution in [0.25, 0.3) is 0 Å². The van der Waals surface area contributed by atoms with E-state index in [1.807, 2.05) is 0 Å². The largest absolute Gasteiger partial charge is 0.497 e. The normalized spacial score (nSPS) is 10.1. The molecule has 0 aliphatic rings. The lowest BCUT2D eigenvalue weighted by atomic mass is 10.3. The Morgan fingerprint density at radius 2 is 1.67 bits per heavy atom. The second kappa shape index (κ2) is 6.98. The number of ether oxygens (including phenoxy) is 1. The first kappa shape index (κ1) is 15.9. The van der Waals surface area contributed by atoms with Crippen molar-refractivity contribution in [2.24, 2.45) is 0 Å². The maximum atomic E-state index is 11.9. The van der Waals surface area contributed by atoms with Gasteiger partial charge in [0, 0.05) is 21.9 Å². The Morgan fingerprint density at radius 3 is 2.24 bits per heavy atom. The minimum atomic E-state index is -0.437. The van der Waals surface area contributed by atoms with E-state index in [0.717, 1.165) is 4.47 Å². The Balaban J connectivity index is 2.09. The van der Waals surface area contributed by atoms with Crippen LogP contribution in [-0.4, -0.2) is 18.1 Å². The van der Waals surface area contributed by atoms with E-state index in [1.54, 1.807) is 25.3 Å². The van der Waals surface area contributed by atoms with Gasteiger partial charge in [0.1, 0.15) is 16.1 Å². The van der Waals surface area contributed by atoms with Crippen LogP contribution in [0, 0.1) is 0 Å². The maximum absolute atomic E-state index is 11.9. The molecule has 0 atom stereocenters. The van der Waals surface area contributed by atoms with Crippen molar-refractivity contribution in [1.82, 2.24) is 4.98 Å². The third-order valence-corrected chi connectivity index (χ3v) is 3.23. The van der Waals surface area contributed by atoms with Gasteiger partial charge in [0.2, 0.25) is 0 Å². The van der Waals surface area contributed by atoms with Gasteiger partial charge in [-0.25, -0.2) is 9.78 Å². The minimum Gasteiger partial charge on any atom is -0.497 e. The summed E-state index contributed by atoms with van der Waals surface area (Å²) in [6.07, 6.45) is 0. The molecule has 0 aliphatic carbocycles. The molecule has 2 N–H and O–H groups in total. The first-order valence-corrected chi connectivity index (χ1v) is 7.27. The summed E-state index contributed by atoms with van der Waals surface area (Å²) in [7, 11) is 1.55. The Morgan fingerprint density at radius 1 is 1.10 bits per heavy atom. The summed E-state index contributed by atoms with van der Waals surface area (Å²) in [6.45, 7) is 0. The van der Waals surface area contributed by atoms with Crippen LogP contribution in [0.5, 0.6) is 5.75 Å². The van der Waals surface area contributed by atoms with E-state index in [1.165, 1.54) is 12.1 Å². The summed E-state index contributed by atoms with van der Waals surface area (Å²) in [6, 6.07) is 7.77. The summed E-state index contributed by atoms with van der Waals surface area (Å²) in [4.78, 5) is 15.7. The van der Waals surface area contributed by atoms with Crippen molar-refractivity contribution >= 4 is 56.5 Å². The fraction of sp³-hybridized carbons (Fsp3) is 0.0769. The first-order valence-electron chi connectivity index (χ1n) is 5.72. The molecule has 1 aromatic heterocycles. The molecule has 0 saturated heterocycles. The SMILES string of the molecule is COc1cc(Br)cc(NC(=O)Nc2cc(Cl)nc(Cl)c2)c1. The van der Waals surface area contributed by atoms with E-state index in [0.29, 0.717) is 17.1 Å². The van der Waals surface area contributed by atoms with Gasteiger partial charge in [-0.1, -0.05) is 39.1 Å². The lowest BCUT2D eigenvalue weighted by Gasteiger charge is -2.10. The fourth-order valence-corrected chi connectivity index (χ4v) is 2.52. The molecule has 0 aliphatic heterocycles. The monoisotopic (exact) mass is 389 g/mol. The third kappa shape index (κ3) is 4.77. The number of amides is 2. The lowest BCUT2D eigenvalue weighted by Crippen LogP contribution is -2.19. The zero-order chi connectivity index (χ0) is 15.4. The Bertz CT molecular complexity index is 662. The number of urea groups is 1. The molecule has 2 amide bonds. The van der Waals surface area contributed by atoms with Gasteiger partial charge in [-0.2, -0.15) is 0 Å². The Labute approximate surface area is 139 Å². The summed E-state index contributed by atoms with van der Waals surface area (Å²) in [5.74, 6) is 0.620. The van der Waals surface area contributed by atoms with E-state index < -0.39 is 6.03 Å². The van der Waals surface area contributed by atoms with Crippen LogP contribution in [0.15, 0.2) is 34.8 Å². The number of anilines is 2. The van der Waals surface area contributed by atoms with E-state index >= 15 is 0 Å². The van der Waals surface area contributed by atoms with Gasteiger partial charge in [-0.05, 0) is 24.3 Å². The van der Waals surface area contributed by atoms with Crippen LogP contribution in [0.3, 0.4) is 0 Å². The van der Waals surface area contributed by atoms with E-state index in [2.05, 4.69) is 31.5 Å². The number of hydrogen-bond donors (Lipinski definition) is 2. The summed E-state index contributed by atoms with van der Waals surface area (Å²) < 4.78 is 5.91. The standard InChI is InChI=1S/C13H10BrCl2N3O2/c1-21-10-3-7(14)2-8(4-10)17-13(20)18-9-5-11(15)19-12(16)6-9/h2-6H,1H3,(H2,17,18,19,20). The van der Waals surface area contributed by atoms with E-state index in [-0.39, 0.29) is 10.3 Å². The van der Waals surface area contributed by atoms with Gasteiger partial charge in [-0.3, -0.25) is 0 Å². The van der Waals surface area contributed by atoms with Gasteiger partial charge < -0.3 is 15.4 Å². The molecular weight excluding hydrogens is 381 g/mol. The van der Waals surface area contributed by atoms with Gasteiger partial charge >= 0.3 is 6.03 Å². The zero-order valence-electron chi connectivity index (χ0n) is 10.8. The molecule has 2 rings (SSSR count). The fourth-order valence-electron chi connectivity index (χ4n) is 1.58. The molecule has 0 fully saturated rings. The number of methoxy groups -OCH3 is 1. The van der Waals surface area contributed by atoms with E-state index in [9.17, 15) is 4.79 Å². The molecule has 0 radical (unpaired) electrons. The number of carbonyl (C=O) groups is 1. The first-order chi connectivity index (χ1) is 9.96. The van der Waals surface area contributed by atoms with Crippen molar-refractivity contribution in [2.75, 3.05) is 17.7 Å². The van der Waals surface area contributed by atoms with Crippen LogP contribution in [0.4, 0.5) is 16.2 Å². The van der Waals surface area contributed by atoms with Gasteiger partial charge in [-0.15, -0.1) is 0 Å².